The second-order valence-electron chi connectivity index (χ2n) is 10.8. The lowest BCUT2D eigenvalue weighted by molar-refractivity contribution is -0.593. The molecule has 0 spiro atoms. The van der Waals surface area contributed by atoms with Crippen LogP contribution in [0.5, 0.6) is 0 Å². The Hall–Kier alpha value is -3.66. The fourth-order valence-corrected chi connectivity index (χ4v) is 3.71. The number of hydrogen-bond acceptors (Lipinski definition) is 6. The summed E-state index contributed by atoms with van der Waals surface area (Å²) in [6.45, 7) is 10.6. The number of aliphatic hydroxyl groups excluding tert-OH is 1. The van der Waals surface area contributed by atoms with Gasteiger partial charge in [-0.25, -0.2) is 4.79 Å². The number of benzene rings is 1. The number of nitrogens with one attached hydrogen (secondary N) is 3. The maximum Gasteiger partial charge on any atom is 0.408 e. The second kappa shape index (κ2) is 13.8. The van der Waals surface area contributed by atoms with Gasteiger partial charge in [0.15, 0.2) is 6.20 Å². The first-order valence-corrected chi connectivity index (χ1v) is 12.8. The van der Waals surface area contributed by atoms with Crippen molar-refractivity contribution < 1.29 is 29.0 Å². The van der Waals surface area contributed by atoms with Crippen molar-refractivity contribution in [1.82, 2.24) is 16.0 Å². The van der Waals surface area contributed by atoms with Gasteiger partial charge in [0.05, 0.1) is 18.6 Å². The van der Waals surface area contributed by atoms with Gasteiger partial charge in [0, 0.05) is 24.2 Å². The third-order valence-corrected chi connectivity index (χ3v) is 5.58. The van der Waals surface area contributed by atoms with E-state index in [1.165, 1.54) is 6.20 Å². The number of hydrogen-bond donors (Lipinski definition) is 4. The number of amides is 3. The van der Waals surface area contributed by atoms with Crippen LogP contribution in [-0.4, -0.2) is 53.3 Å². The lowest BCUT2D eigenvalue weighted by atomic mass is 10.0. The van der Waals surface area contributed by atoms with Gasteiger partial charge in [-0.2, -0.15) is 4.73 Å². The van der Waals surface area contributed by atoms with Crippen LogP contribution >= 0.6 is 0 Å². The summed E-state index contributed by atoms with van der Waals surface area (Å²) in [5, 5.41) is 30.5. The number of alkyl carbamates (subject to hydrolysis) is 1. The highest BCUT2D eigenvalue weighted by atomic mass is 16.6. The molecule has 1 unspecified atom stereocenters. The molecule has 38 heavy (non-hydrogen) atoms. The molecular formula is C28H40N4O6. The standard InChI is InChI=1S/C28H40N4O6/c1-18(2)14-22(31-27(36)38-28(4,5)6)26(35)30-19(3)24(33)17-29-25(34)16-20-10-9-11-21(15-20)23-12-7-8-13-32(23)37/h7-13,15,18-19,22,24,33H,14,16-17H2,1-6H3,(H,29,34)(H,30,35)(H,31,36)/t19-,22-,24?/m0/s1. The van der Waals surface area contributed by atoms with Gasteiger partial charge in [-0.1, -0.05) is 26.0 Å². The van der Waals surface area contributed by atoms with E-state index in [1.807, 2.05) is 13.8 Å². The third kappa shape index (κ3) is 10.4. The molecule has 1 aromatic heterocycles. The summed E-state index contributed by atoms with van der Waals surface area (Å²) in [6.07, 6.45) is 0.108. The Morgan fingerprint density at radius 3 is 2.39 bits per heavy atom. The predicted molar refractivity (Wildman–Crippen MR) is 144 cm³/mol. The Balaban J connectivity index is 1.90. The quantitative estimate of drug-likeness (QED) is 0.261. The van der Waals surface area contributed by atoms with Crippen molar-refractivity contribution in [3.8, 4) is 11.3 Å². The van der Waals surface area contributed by atoms with Crippen molar-refractivity contribution in [2.75, 3.05) is 6.54 Å². The topological polar surface area (TPSA) is 144 Å². The molecular weight excluding hydrogens is 488 g/mol. The van der Waals surface area contributed by atoms with E-state index in [2.05, 4.69) is 16.0 Å². The van der Waals surface area contributed by atoms with Crippen LogP contribution in [0.3, 0.4) is 0 Å². The molecule has 0 bridgehead atoms. The Morgan fingerprint density at radius 1 is 1.05 bits per heavy atom. The van der Waals surface area contributed by atoms with Crippen molar-refractivity contribution in [2.45, 2.75) is 78.2 Å². The minimum atomic E-state index is -1.06. The van der Waals surface area contributed by atoms with Crippen molar-refractivity contribution in [1.29, 1.82) is 0 Å². The zero-order valence-electron chi connectivity index (χ0n) is 23.0. The molecule has 208 valence electrons. The lowest BCUT2D eigenvalue weighted by Gasteiger charge is -2.26. The summed E-state index contributed by atoms with van der Waals surface area (Å²) in [6, 6.07) is 10.7. The van der Waals surface area contributed by atoms with E-state index >= 15 is 0 Å². The number of carbonyl (C=O) groups is 3. The molecule has 4 N–H and O–H groups in total. The first kappa shape index (κ1) is 30.6. The number of nitrogens with zero attached hydrogens (tertiary/aromatic N) is 1. The predicted octanol–water partition coefficient (Wildman–Crippen LogP) is 2.45. The van der Waals surface area contributed by atoms with Crippen molar-refractivity contribution >= 4 is 17.9 Å². The first-order chi connectivity index (χ1) is 17.7. The van der Waals surface area contributed by atoms with Gasteiger partial charge in [-0.05, 0) is 63.8 Å². The Morgan fingerprint density at radius 2 is 1.76 bits per heavy atom. The Labute approximate surface area is 224 Å². The molecule has 2 rings (SSSR count). The molecule has 0 radical (unpaired) electrons. The summed E-state index contributed by atoms with van der Waals surface area (Å²) >= 11 is 0. The average Bonchev–Trinajstić information content (AvgIpc) is 2.81. The van der Waals surface area contributed by atoms with Gasteiger partial charge in [-0.15, -0.1) is 0 Å². The van der Waals surface area contributed by atoms with Crippen LogP contribution in [-0.2, 0) is 20.7 Å². The molecule has 0 aliphatic heterocycles. The highest BCUT2D eigenvalue weighted by Crippen LogP contribution is 2.17. The zero-order valence-corrected chi connectivity index (χ0v) is 23.0. The van der Waals surface area contributed by atoms with Crippen LogP contribution in [0.1, 0.15) is 53.5 Å². The van der Waals surface area contributed by atoms with E-state index in [9.17, 15) is 24.7 Å². The van der Waals surface area contributed by atoms with E-state index < -0.39 is 35.8 Å². The molecule has 0 aliphatic rings. The summed E-state index contributed by atoms with van der Waals surface area (Å²) in [4.78, 5) is 37.5. The van der Waals surface area contributed by atoms with Crippen LogP contribution in [0.2, 0.25) is 0 Å². The maximum atomic E-state index is 12.8. The highest BCUT2D eigenvalue weighted by molar-refractivity contribution is 5.86. The van der Waals surface area contributed by atoms with Crippen LogP contribution in [0.15, 0.2) is 48.7 Å². The van der Waals surface area contributed by atoms with Gasteiger partial charge in [0.1, 0.15) is 11.6 Å². The summed E-state index contributed by atoms with van der Waals surface area (Å²) in [5.74, 6) is -0.637. The largest absolute Gasteiger partial charge is 0.618 e. The summed E-state index contributed by atoms with van der Waals surface area (Å²) in [7, 11) is 0. The SMILES string of the molecule is CC(C)C[C@H](NC(=O)OC(C)(C)C)C(=O)N[C@@H](C)C(O)CNC(=O)Cc1cccc(-c2cccc[n+]2[O-])c1. The fraction of sp³-hybridized carbons (Fsp3) is 0.500. The van der Waals surface area contributed by atoms with Crippen molar-refractivity contribution in [2.24, 2.45) is 5.92 Å². The minimum Gasteiger partial charge on any atom is -0.618 e. The van der Waals surface area contributed by atoms with Crippen molar-refractivity contribution in [3.05, 3.63) is 59.4 Å². The van der Waals surface area contributed by atoms with Crippen LogP contribution < -0.4 is 20.7 Å². The molecule has 0 saturated heterocycles. The van der Waals surface area contributed by atoms with Gasteiger partial charge in [-0.3, -0.25) is 9.59 Å². The van der Waals surface area contributed by atoms with E-state index in [0.717, 1.165) is 4.73 Å². The molecule has 1 aromatic carbocycles. The zero-order chi connectivity index (χ0) is 28.5. The van der Waals surface area contributed by atoms with Gasteiger partial charge in [0.2, 0.25) is 17.5 Å². The summed E-state index contributed by atoms with van der Waals surface area (Å²) in [5.41, 5.74) is 1.18. The lowest BCUT2D eigenvalue weighted by Crippen LogP contribution is -2.54. The molecule has 3 amide bonds. The first-order valence-electron chi connectivity index (χ1n) is 12.8. The van der Waals surface area contributed by atoms with Crippen LogP contribution in [0, 0.1) is 11.1 Å². The van der Waals surface area contributed by atoms with E-state index in [0.29, 0.717) is 23.2 Å². The number of rotatable bonds is 11. The Kier molecular flexibility index (Phi) is 11.1. The summed E-state index contributed by atoms with van der Waals surface area (Å²) < 4.78 is 6.02. The van der Waals surface area contributed by atoms with Gasteiger partial charge < -0.3 is 31.0 Å². The molecule has 10 heteroatoms. The number of pyridine rings is 1. The minimum absolute atomic E-state index is 0.0588. The molecule has 10 nitrogen and oxygen atoms in total. The molecule has 2 aromatic rings. The van der Waals surface area contributed by atoms with E-state index in [4.69, 9.17) is 4.74 Å². The molecule has 0 aliphatic carbocycles. The number of aliphatic hydroxyl groups is 1. The molecule has 1 heterocycles. The van der Waals surface area contributed by atoms with E-state index in [1.54, 1.807) is 70.2 Å². The molecule has 0 saturated carbocycles. The molecule has 3 atom stereocenters. The number of aromatic nitrogens is 1. The van der Waals surface area contributed by atoms with Gasteiger partial charge in [0.25, 0.3) is 0 Å². The van der Waals surface area contributed by atoms with Crippen molar-refractivity contribution in [3.63, 3.8) is 0 Å². The Bertz CT molecular complexity index is 1100. The maximum absolute atomic E-state index is 12.8. The second-order valence-corrected chi connectivity index (χ2v) is 10.8. The highest BCUT2D eigenvalue weighted by Gasteiger charge is 2.27. The number of ether oxygens (including phenoxy) is 1. The normalized spacial score (nSPS) is 13.8. The third-order valence-electron chi connectivity index (χ3n) is 5.58. The fourth-order valence-electron chi connectivity index (χ4n) is 3.71. The van der Waals surface area contributed by atoms with Gasteiger partial charge >= 0.3 is 6.09 Å². The number of carbonyl (C=O) groups excluding carboxylic acids is 3. The van der Waals surface area contributed by atoms with Crippen LogP contribution in [0.25, 0.3) is 11.3 Å². The molecule has 0 fully saturated rings. The van der Waals surface area contributed by atoms with Crippen LogP contribution in [0.4, 0.5) is 4.79 Å². The smallest absolute Gasteiger partial charge is 0.408 e. The van der Waals surface area contributed by atoms with E-state index in [-0.39, 0.29) is 24.8 Å². The monoisotopic (exact) mass is 528 g/mol. The average molecular weight is 529 g/mol.